The van der Waals surface area contributed by atoms with Crippen LogP contribution in [0.25, 0.3) is 0 Å². The molecule has 7 heteroatoms. The molecule has 1 aliphatic heterocycles. The summed E-state index contributed by atoms with van der Waals surface area (Å²) in [4.78, 5) is 19.4. The summed E-state index contributed by atoms with van der Waals surface area (Å²) in [6.45, 7) is 5.33. The van der Waals surface area contributed by atoms with E-state index >= 15 is 0 Å². The monoisotopic (exact) mass is 434 g/mol. The molecule has 3 rings (SSSR count). The lowest BCUT2D eigenvalue weighted by atomic mass is 9.72. The summed E-state index contributed by atoms with van der Waals surface area (Å²) in [6.07, 6.45) is 0.929. The fourth-order valence-corrected chi connectivity index (χ4v) is 4.43. The largest absolute Gasteiger partial charge is 0.466 e. The smallest absolute Gasteiger partial charge is 0.416 e. The molecular weight excluding hydrogens is 405 g/mol. The molecule has 0 aliphatic carbocycles. The second kappa shape index (κ2) is 9.81. The summed E-state index contributed by atoms with van der Waals surface area (Å²) in [5.74, 6) is -0.397. The predicted molar refractivity (Wildman–Crippen MR) is 112 cm³/mol. The van der Waals surface area contributed by atoms with Crippen molar-refractivity contribution < 1.29 is 22.7 Å². The first-order chi connectivity index (χ1) is 14.7. The van der Waals surface area contributed by atoms with Crippen molar-refractivity contribution in [3.63, 3.8) is 0 Å². The second-order valence-electron chi connectivity index (χ2n) is 8.28. The highest BCUT2D eigenvalue weighted by molar-refractivity contribution is 5.77. The summed E-state index contributed by atoms with van der Waals surface area (Å²) in [5, 5.41) is 0. The number of rotatable bonds is 7. The van der Waals surface area contributed by atoms with Gasteiger partial charge in [-0.1, -0.05) is 24.3 Å². The van der Waals surface area contributed by atoms with E-state index in [1.54, 1.807) is 19.2 Å². The Hall–Kier alpha value is -2.41. The number of likely N-dealkylation sites (tertiary alicyclic amines) is 1. The van der Waals surface area contributed by atoms with Gasteiger partial charge in [0.15, 0.2) is 0 Å². The van der Waals surface area contributed by atoms with Crippen LogP contribution in [0.2, 0.25) is 0 Å². The van der Waals surface area contributed by atoms with E-state index in [-0.39, 0.29) is 24.6 Å². The van der Waals surface area contributed by atoms with Gasteiger partial charge >= 0.3 is 12.1 Å². The summed E-state index contributed by atoms with van der Waals surface area (Å²) in [7, 11) is 0. The molecule has 0 N–H and O–H groups in total. The highest BCUT2D eigenvalue weighted by Crippen LogP contribution is 2.41. The molecule has 1 saturated heterocycles. The number of pyridine rings is 1. The van der Waals surface area contributed by atoms with E-state index in [4.69, 9.17) is 4.74 Å². The average molecular weight is 435 g/mol. The van der Waals surface area contributed by atoms with E-state index in [1.165, 1.54) is 12.1 Å². The molecule has 1 aliphatic rings. The van der Waals surface area contributed by atoms with Crippen molar-refractivity contribution in [3.8, 4) is 0 Å². The number of ether oxygens (including phenoxy) is 1. The van der Waals surface area contributed by atoms with Gasteiger partial charge in [-0.25, -0.2) is 0 Å². The first-order valence-corrected chi connectivity index (χ1v) is 10.7. The van der Waals surface area contributed by atoms with E-state index in [9.17, 15) is 18.0 Å². The van der Waals surface area contributed by atoms with Crippen LogP contribution in [0, 0.1) is 5.41 Å². The molecule has 0 saturated carbocycles. The third-order valence-electron chi connectivity index (χ3n) is 6.19. The van der Waals surface area contributed by atoms with Crippen molar-refractivity contribution >= 4 is 5.97 Å². The number of hydrogen-bond donors (Lipinski definition) is 0. The first-order valence-electron chi connectivity index (χ1n) is 10.7. The highest BCUT2D eigenvalue weighted by Gasteiger charge is 2.45. The fourth-order valence-electron chi connectivity index (χ4n) is 4.43. The summed E-state index contributed by atoms with van der Waals surface area (Å²) in [5.41, 5.74) is -0.329. The maximum Gasteiger partial charge on any atom is 0.416 e. The summed E-state index contributed by atoms with van der Waals surface area (Å²) >= 11 is 0. The number of benzene rings is 1. The molecule has 0 amide bonds. The van der Waals surface area contributed by atoms with Crippen LogP contribution in [0.4, 0.5) is 13.2 Å². The van der Waals surface area contributed by atoms with E-state index in [0.29, 0.717) is 25.9 Å². The van der Waals surface area contributed by atoms with Gasteiger partial charge in [0.2, 0.25) is 0 Å². The topological polar surface area (TPSA) is 42.4 Å². The second-order valence-corrected chi connectivity index (χ2v) is 8.28. The van der Waals surface area contributed by atoms with Gasteiger partial charge in [0, 0.05) is 18.4 Å². The normalized spacial score (nSPS) is 17.8. The lowest BCUT2D eigenvalue weighted by Gasteiger charge is -2.42. The van der Waals surface area contributed by atoms with Gasteiger partial charge in [0.05, 0.1) is 17.6 Å². The Morgan fingerprint density at radius 3 is 2.52 bits per heavy atom. The zero-order valence-corrected chi connectivity index (χ0v) is 18.0. The van der Waals surface area contributed by atoms with E-state index in [0.717, 1.165) is 18.1 Å². The quantitative estimate of drug-likeness (QED) is 0.580. The molecule has 0 radical (unpaired) electrons. The third-order valence-corrected chi connectivity index (χ3v) is 6.19. The maximum absolute atomic E-state index is 13.5. The standard InChI is InChI=1S/C24H29F3N2O2/c1-3-31-22(30)23(16-20-8-4-5-9-21(20)24(25,26)27)10-13-29(14-11-23)18(2)15-19-7-6-12-28-17-19/h4-9,12,17-18H,3,10-11,13-16H2,1-2H3. The number of halogens is 3. The van der Waals surface area contributed by atoms with Crippen LogP contribution < -0.4 is 0 Å². The van der Waals surface area contributed by atoms with Gasteiger partial charge in [0.1, 0.15) is 0 Å². The molecule has 0 spiro atoms. The third kappa shape index (κ3) is 5.64. The molecular formula is C24H29F3N2O2. The molecule has 2 aromatic rings. The van der Waals surface area contributed by atoms with Gasteiger partial charge in [-0.05, 0) is 75.9 Å². The summed E-state index contributed by atoms with van der Waals surface area (Å²) in [6, 6.07) is 9.71. The van der Waals surface area contributed by atoms with Crippen molar-refractivity contribution in [1.82, 2.24) is 9.88 Å². The van der Waals surface area contributed by atoms with Crippen LogP contribution in [-0.4, -0.2) is 41.6 Å². The zero-order chi connectivity index (χ0) is 22.5. The molecule has 1 aromatic carbocycles. The van der Waals surface area contributed by atoms with Crippen molar-refractivity contribution in [2.24, 2.45) is 5.41 Å². The number of aromatic nitrogens is 1. The van der Waals surface area contributed by atoms with E-state index in [2.05, 4.69) is 16.8 Å². The average Bonchev–Trinajstić information content (AvgIpc) is 2.74. The van der Waals surface area contributed by atoms with Gasteiger partial charge in [-0.2, -0.15) is 13.2 Å². The minimum atomic E-state index is -4.45. The molecule has 1 atom stereocenters. The van der Waals surface area contributed by atoms with E-state index in [1.807, 2.05) is 18.3 Å². The summed E-state index contributed by atoms with van der Waals surface area (Å²) < 4.78 is 45.9. The Morgan fingerprint density at radius 1 is 1.19 bits per heavy atom. The van der Waals surface area contributed by atoms with Gasteiger partial charge in [0.25, 0.3) is 0 Å². The van der Waals surface area contributed by atoms with Crippen LogP contribution in [0.15, 0.2) is 48.8 Å². The van der Waals surface area contributed by atoms with Crippen molar-refractivity contribution in [2.45, 2.75) is 51.7 Å². The van der Waals surface area contributed by atoms with Gasteiger partial charge in [-0.15, -0.1) is 0 Å². The Kier molecular flexibility index (Phi) is 7.36. The lowest BCUT2D eigenvalue weighted by molar-refractivity contribution is -0.159. The van der Waals surface area contributed by atoms with Gasteiger partial charge < -0.3 is 9.64 Å². The first kappa shape index (κ1) is 23.3. The van der Waals surface area contributed by atoms with Crippen LogP contribution in [0.5, 0.6) is 0 Å². The number of piperidine rings is 1. The molecule has 2 heterocycles. The predicted octanol–water partition coefficient (Wildman–Crippen LogP) is 4.92. The van der Waals surface area contributed by atoms with Gasteiger partial charge in [-0.3, -0.25) is 9.78 Å². The minimum Gasteiger partial charge on any atom is -0.466 e. The molecule has 1 aromatic heterocycles. The van der Waals surface area contributed by atoms with Crippen molar-refractivity contribution in [1.29, 1.82) is 0 Å². The Balaban J connectivity index is 1.77. The lowest BCUT2D eigenvalue weighted by Crippen LogP contribution is -2.49. The SMILES string of the molecule is CCOC(=O)C1(Cc2ccccc2C(F)(F)F)CCN(C(C)Cc2cccnc2)CC1. The van der Waals surface area contributed by atoms with Crippen molar-refractivity contribution in [2.75, 3.05) is 19.7 Å². The highest BCUT2D eigenvalue weighted by atomic mass is 19.4. The Bertz CT molecular complexity index is 863. The molecule has 1 unspecified atom stereocenters. The number of carbonyl (C=O) groups excluding carboxylic acids is 1. The van der Waals surface area contributed by atoms with Crippen LogP contribution in [-0.2, 0) is 28.5 Å². The Morgan fingerprint density at radius 2 is 1.90 bits per heavy atom. The molecule has 1 fully saturated rings. The van der Waals surface area contributed by atoms with Crippen LogP contribution in [0.1, 0.15) is 43.4 Å². The van der Waals surface area contributed by atoms with Crippen molar-refractivity contribution in [3.05, 3.63) is 65.5 Å². The van der Waals surface area contributed by atoms with E-state index < -0.39 is 23.1 Å². The van der Waals surface area contributed by atoms with Crippen LogP contribution >= 0.6 is 0 Å². The number of nitrogens with zero attached hydrogens (tertiary/aromatic N) is 2. The van der Waals surface area contributed by atoms with Crippen LogP contribution in [0.3, 0.4) is 0 Å². The fraction of sp³-hybridized carbons (Fsp3) is 0.500. The Labute approximate surface area is 181 Å². The zero-order valence-electron chi connectivity index (χ0n) is 18.0. The molecule has 168 valence electrons. The molecule has 31 heavy (non-hydrogen) atoms. The number of carbonyl (C=O) groups is 1. The number of esters is 1. The molecule has 4 nitrogen and oxygen atoms in total. The number of hydrogen-bond acceptors (Lipinski definition) is 4. The molecule has 0 bridgehead atoms. The minimum absolute atomic E-state index is 0.0341. The maximum atomic E-state index is 13.5. The number of alkyl halides is 3.